The molecule has 1 unspecified atom stereocenters. The molecule has 1 rings (SSSR count). The average molecular weight is 227 g/mol. The number of aliphatic imine (C=N–C) groups is 1. The summed E-state index contributed by atoms with van der Waals surface area (Å²) in [7, 11) is 0. The van der Waals surface area contributed by atoms with E-state index in [1.807, 2.05) is 20.8 Å². The van der Waals surface area contributed by atoms with Gasteiger partial charge in [-0.1, -0.05) is 13.8 Å². The molecule has 0 aromatic carbocycles. The van der Waals surface area contributed by atoms with Crippen molar-refractivity contribution in [3.63, 3.8) is 0 Å². The molecular formula is C10H17N3O3. The van der Waals surface area contributed by atoms with Crippen LogP contribution in [0.4, 0.5) is 0 Å². The number of ether oxygens (including phenoxy) is 1. The molecule has 6 heteroatoms. The maximum absolute atomic E-state index is 10.9. The van der Waals surface area contributed by atoms with Gasteiger partial charge in [-0.3, -0.25) is 20.2 Å². The molecule has 0 aliphatic carbocycles. The lowest BCUT2D eigenvalue weighted by molar-refractivity contribution is -0.135. The SMILES string of the molecule is CCOCC(N=C1NC(=O)C(=O)N1)C(C)C. The van der Waals surface area contributed by atoms with Crippen LogP contribution in [0.15, 0.2) is 4.99 Å². The van der Waals surface area contributed by atoms with Crippen LogP contribution in [-0.2, 0) is 14.3 Å². The number of hydrogen-bond donors (Lipinski definition) is 2. The minimum Gasteiger partial charge on any atom is -0.380 e. The quantitative estimate of drug-likeness (QED) is 0.630. The Balaban J connectivity index is 2.63. The smallest absolute Gasteiger partial charge is 0.316 e. The Morgan fingerprint density at radius 3 is 2.25 bits per heavy atom. The Labute approximate surface area is 94.4 Å². The van der Waals surface area contributed by atoms with Crippen LogP contribution in [0.1, 0.15) is 20.8 Å². The van der Waals surface area contributed by atoms with Gasteiger partial charge < -0.3 is 4.74 Å². The summed E-state index contributed by atoms with van der Waals surface area (Å²) in [5.74, 6) is -0.850. The van der Waals surface area contributed by atoms with Crippen LogP contribution in [0.2, 0.25) is 0 Å². The highest BCUT2D eigenvalue weighted by Gasteiger charge is 2.26. The molecule has 0 spiro atoms. The highest BCUT2D eigenvalue weighted by atomic mass is 16.5. The minimum absolute atomic E-state index is 0.0753. The van der Waals surface area contributed by atoms with E-state index in [2.05, 4.69) is 15.6 Å². The van der Waals surface area contributed by atoms with Gasteiger partial charge in [0, 0.05) is 6.61 Å². The molecule has 0 radical (unpaired) electrons. The first-order valence-electron chi connectivity index (χ1n) is 5.32. The van der Waals surface area contributed by atoms with Gasteiger partial charge in [0.2, 0.25) is 5.96 Å². The van der Waals surface area contributed by atoms with Crippen molar-refractivity contribution in [3.8, 4) is 0 Å². The molecule has 1 atom stereocenters. The Bertz CT molecular complexity index is 294. The van der Waals surface area contributed by atoms with Crippen LogP contribution < -0.4 is 10.6 Å². The van der Waals surface area contributed by atoms with E-state index in [4.69, 9.17) is 4.74 Å². The fourth-order valence-corrected chi connectivity index (χ4v) is 1.21. The van der Waals surface area contributed by atoms with Crippen LogP contribution in [0.5, 0.6) is 0 Å². The van der Waals surface area contributed by atoms with E-state index in [-0.39, 0.29) is 17.9 Å². The highest BCUT2D eigenvalue weighted by Crippen LogP contribution is 2.07. The van der Waals surface area contributed by atoms with Gasteiger partial charge in [0.25, 0.3) is 0 Å². The number of hydrogen-bond acceptors (Lipinski definition) is 4. The third kappa shape index (κ3) is 3.30. The van der Waals surface area contributed by atoms with Crippen LogP contribution >= 0.6 is 0 Å². The lowest BCUT2D eigenvalue weighted by Gasteiger charge is -2.16. The third-order valence-corrected chi connectivity index (χ3v) is 2.23. The Morgan fingerprint density at radius 1 is 1.25 bits per heavy atom. The van der Waals surface area contributed by atoms with Crippen LogP contribution in [0.3, 0.4) is 0 Å². The van der Waals surface area contributed by atoms with Gasteiger partial charge in [0.1, 0.15) is 0 Å². The molecule has 16 heavy (non-hydrogen) atoms. The molecule has 0 aromatic rings. The van der Waals surface area contributed by atoms with Crippen molar-refractivity contribution in [2.45, 2.75) is 26.8 Å². The molecule has 6 nitrogen and oxygen atoms in total. The largest absolute Gasteiger partial charge is 0.380 e. The van der Waals surface area contributed by atoms with Gasteiger partial charge in [-0.25, -0.2) is 4.99 Å². The van der Waals surface area contributed by atoms with E-state index < -0.39 is 11.8 Å². The molecule has 90 valence electrons. The topological polar surface area (TPSA) is 79.8 Å². The Morgan fingerprint density at radius 2 is 1.81 bits per heavy atom. The number of rotatable bonds is 5. The van der Waals surface area contributed by atoms with E-state index in [1.54, 1.807) is 0 Å². The summed E-state index contributed by atoms with van der Waals surface area (Å²) in [6, 6.07) is -0.0753. The van der Waals surface area contributed by atoms with Crippen molar-refractivity contribution >= 4 is 17.8 Å². The predicted octanol–water partition coefficient (Wildman–Crippen LogP) is -0.350. The van der Waals surface area contributed by atoms with Crippen molar-refractivity contribution in [3.05, 3.63) is 0 Å². The normalized spacial score (nSPS) is 17.4. The van der Waals surface area contributed by atoms with Gasteiger partial charge in [0.05, 0.1) is 12.6 Å². The maximum Gasteiger partial charge on any atom is 0.316 e. The number of guanidine groups is 1. The molecule has 1 aliphatic heterocycles. The zero-order chi connectivity index (χ0) is 12.1. The van der Waals surface area contributed by atoms with Crippen LogP contribution in [-0.4, -0.2) is 37.0 Å². The monoisotopic (exact) mass is 227 g/mol. The zero-order valence-electron chi connectivity index (χ0n) is 9.74. The fourth-order valence-electron chi connectivity index (χ4n) is 1.21. The Kier molecular flexibility index (Phi) is 4.42. The second-order valence-corrected chi connectivity index (χ2v) is 3.86. The first-order chi connectivity index (χ1) is 7.54. The van der Waals surface area contributed by atoms with Crippen molar-refractivity contribution < 1.29 is 14.3 Å². The number of nitrogens with zero attached hydrogens (tertiary/aromatic N) is 1. The number of amides is 2. The van der Waals surface area contributed by atoms with Crippen molar-refractivity contribution in [2.75, 3.05) is 13.2 Å². The van der Waals surface area contributed by atoms with Crippen molar-refractivity contribution in [1.82, 2.24) is 10.6 Å². The van der Waals surface area contributed by atoms with Gasteiger partial charge in [-0.2, -0.15) is 0 Å². The first kappa shape index (κ1) is 12.6. The minimum atomic E-state index is -0.669. The van der Waals surface area contributed by atoms with E-state index in [0.717, 1.165) is 0 Å². The molecule has 2 N–H and O–H groups in total. The summed E-state index contributed by atoms with van der Waals surface area (Å²) in [6.07, 6.45) is 0. The van der Waals surface area contributed by atoms with E-state index in [0.29, 0.717) is 13.2 Å². The van der Waals surface area contributed by atoms with E-state index in [9.17, 15) is 9.59 Å². The van der Waals surface area contributed by atoms with Gasteiger partial charge >= 0.3 is 11.8 Å². The molecule has 1 heterocycles. The molecule has 1 aliphatic rings. The second-order valence-electron chi connectivity index (χ2n) is 3.86. The maximum atomic E-state index is 10.9. The molecular weight excluding hydrogens is 210 g/mol. The number of carbonyl (C=O) groups is 2. The summed E-state index contributed by atoms with van der Waals surface area (Å²) in [5, 5.41) is 4.72. The van der Waals surface area contributed by atoms with Crippen molar-refractivity contribution in [1.29, 1.82) is 0 Å². The van der Waals surface area contributed by atoms with E-state index >= 15 is 0 Å². The summed E-state index contributed by atoms with van der Waals surface area (Å²) in [4.78, 5) is 26.1. The van der Waals surface area contributed by atoms with Gasteiger partial charge in [0.15, 0.2) is 0 Å². The third-order valence-electron chi connectivity index (χ3n) is 2.23. The number of nitrogens with one attached hydrogen (secondary N) is 2. The fraction of sp³-hybridized carbons (Fsp3) is 0.700. The predicted molar refractivity (Wildman–Crippen MR) is 58.8 cm³/mol. The molecule has 0 bridgehead atoms. The molecule has 1 saturated heterocycles. The van der Waals surface area contributed by atoms with Crippen molar-refractivity contribution in [2.24, 2.45) is 10.9 Å². The summed E-state index contributed by atoms with van der Waals surface area (Å²) < 4.78 is 5.29. The Hall–Kier alpha value is -1.43. The molecule has 2 amide bonds. The lowest BCUT2D eigenvalue weighted by Crippen LogP contribution is -2.31. The highest BCUT2D eigenvalue weighted by molar-refractivity contribution is 6.45. The average Bonchev–Trinajstić information content (AvgIpc) is 2.52. The zero-order valence-corrected chi connectivity index (χ0v) is 9.74. The molecule has 0 aromatic heterocycles. The second kappa shape index (κ2) is 5.60. The molecule has 0 saturated carbocycles. The standard InChI is InChI=1S/C10H17N3O3/c1-4-16-5-7(6(2)3)11-10-12-8(14)9(15)13-10/h6-7H,4-5H2,1-3H3,(H2,11,12,13,14,15). The van der Waals surface area contributed by atoms with Gasteiger partial charge in [-0.15, -0.1) is 0 Å². The van der Waals surface area contributed by atoms with Crippen LogP contribution in [0, 0.1) is 5.92 Å². The first-order valence-corrected chi connectivity index (χ1v) is 5.32. The summed E-state index contributed by atoms with van der Waals surface area (Å²) >= 11 is 0. The summed E-state index contributed by atoms with van der Waals surface area (Å²) in [5.41, 5.74) is 0. The van der Waals surface area contributed by atoms with E-state index in [1.165, 1.54) is 0 Å². The lowest BCUT2D eigenvalue weighted by atomic mass is 10.1. The van der Waals surface area contributed by atoms with Gasteiger partial charge in [-0.05, 0) is 12.8 Å². The molecule has 1 fully saturated rings. The van der Waals surface area contributed by atoms with Crippen LogP contribution in [0.25, 0.3) is 0 Å². The summed E-state index contributed by atoms with van der Waals surface area (Å²) in [6.45, 7) is 7.01. The number of carbonyl (C=O) groups excluding carboxylic acids is 2.